The lowest BCUT2D eigenvalue weighted by atomic mass is 9.87. The topological polar surface area (TPSA) is 26.0 Å². The molecule has 1 fully saturated rings. The fourth-order valence-electron chi connectivity index (χ4n) is 1.62. The van der Waals surface area contributed by atoms with E-state index in [1.165, 1.54) is 32.1 Å². The Morgan fingerprint density at radius 1 is 1.22 bits per heavy atom. The molecule has 0 aromatic heterocycles. The van der Waals surface area contributed by atoms with E-state index in [0.717, 1.165) is 12.3 Å². The third kappa shape index (κ3) is 2.35. The van der Waals surface area contributed by atoms with E-state index < -0.39 is 0 Å². The van der Waals surface area contributed by atoms with Crippen molar-refractivity contribution in [2.75, 3.05) is 0 Å². The van der Waals surface area contributed by atoms with Crippen LogP contribution in [0.15, 0.2) is 0 Å². The Morgan fingerprint density at radius 2 is 1.89 bits per heavy atom. The number of rotatable bonds is 2. The zero-order chi connectivity index (χ0) is 6.53. The van der Waals surface area contributed by atoms with Crippen molar-refractivity contribution in [2.24, 2.45) is 11.7 Å². The summed E-state index contributed by atoms with van der Waals surface area (Å²) in [5.41, 5.74) is 5.33. The summed E-state index contributed by atoms with van der Waals surface area (Å²) in [5, 5.41) is 0. The van der Waals surface area contributed by atoms with Crippen molar-refractivity contribution in [1.29, 1.82) is 0 Å². The molecule has 1 aliphatic rings. The summed E-state index contributed by atoms with van der Waals surface area (Å²) in [4.78, 5) is 0. The molecular formula is C8H16N. The molecule has 0 aromatic rings. The summed E-state index contributed by atoms with van der Waals surface area (Å²) in [6.45, 7) is 1.82. The fourth-order valence-corrected chi connectivity index (χ4v) is 1.62. The molecule has 0 unspecified atom stereocenters. The van der Waals surface area contributed by atoms with Gasteiger partial charge in [0.25, 0.3) is 0 Å². The molecule has 1 radical (unpaired) electrons. The molecule has 0 bridgehead atoms. The third-order valence-corrected chi connectivity index (χ3v) is 2.19. The first-order valence-electron chi connectivity index (χ1n) is 3.97. The van der Waals surface area contributed by atoms with Crippen LogP contribution in [0.3, 0.4) is 0 Å². The van der Waals surface area contributed by atoms with Crippen LogP contribution in [0.25, 0.3) is 0 Å². The summed E-state index contributed by atoms with van der Waals surface area (Å²) >= 11 is 0. The van der Waals surface area contributed by atoms with Crippen molar-refractivity contribution >= 4 is 0 Å². The maximum atomic E-state index is 5.33. The monoisotopic (exact) mass is 126 g/mol. The van der Waals surface area contributed by atoms with E-state index >= 15 is 0 Å². The molecule has 1 nitrogen and oxygen atoms in total. The summed E-state index contributed by atoms with van der Waals surface area (Å²) < 4.78 is 0. The molecule has 9 heavy (non-hydrogen) atoms. The Kier molecular flexibility index (Phi) is 3.05. The maximum Gasteiger partial charge on any atom is 0.0195 e. The highest BCUT2D eigenvalue weighted by Gasteiger charge is 2.11. The zero-order valence-corrected chi connectivity index (χ0v) is 5.97. The van der Waals surface area contributed by atoms with Gasteiger partial charge in [-0.3, -0.25) is 0 Å². The molecule has 1 aliphatic carbocycles. The van der Waals surface area contributed by atoms with Gasteiger partial charge in [0.1, 0.15) is 0 Å². The lowest BCUT2D eigenvalue weighted by Crippen LogP contribution is -2.08. The van der Waals surface area contributed by atoms with Crippen molar-refractivity contribution in [3.63, 3.8) is 0 Å². The summed E-state index contributed by atoms with van der Waals surface area (Å²) in [5.74, 6) is 0.920. The second-order valence-electron chi connectivity index (χ2n) is 2.98. The first-order chi connectivity index (χ1) is 4.43. The summed E-state index contributed by atoms with van der Waals surface area (Å²) in [6.07, 6.45) is 8.26. The smallest absolute Gasteiger partial charge is 0.0195 e. The first kappa shape index (κ1) is 7.07. The predicted molar refractivity (Wildman–Crippen MR) is 39.7 cm³/mol. The van der Waals surface area contributed by atoms with Crippen molar-refractivity contribution < 1.29 is 0 Å². The van der Waals surface area contributed by atoms with E-state index in [2.05, 4.69) is 0 Å². The Morgan fingerprint density at radius 3 is 2.44 bits per heavy atom. The third-order valence-electron chi connectivity index (χ3n) is 2.19. The van der Waals surface area contributed by atoms with Gasteiger partial charge in [-0.25, -0.2) is 0 Å². The van der Waals surface area contributed by atoms with Crippen molar-refractivity contribution in [2.45, 2.75) is 38.5 Å². The minimum atomic E-state index is 0.920. The Labute approximate surface area is 57.6 Å². The minimum absolute atomic E-state index is 0.920. The SMILES string of the molecule is N[CH]CC1CCCCC1. The fraction of sp³-hybridized carbons (Fsp3) is 0.875. The van der Waals surface area contributed by atoms with Gasteiger partial charge < -0.3 is 5.73 Å². The van der Waals surface area contributed by atoms with Crippen molar-refractivity contribution in [3.05, 3.63) is 6.54 Å². The standard InChI is InChI=1S/C8H16N/c9-7-6-8-4-2-1-3-5-8/h7-8H,1-6,9H2. The molecule has 0 aliphatic heterocycles. The Balaban J connectivity index is 2.08. The van der Waals surface area contributed by atoms with Gasteiger partial charge in [0.15, 0.2) is 0 Å². The molecule has 1 rings (SSSR count). The molecular weight excluding hydrogens is 110 g/mol. The van der Waals surface area contributed by atoms with E-state index in [1.807, 2.05) is 6.54 Å². The van der Waals surface area contributed by atoms with Crippen LogP contribution >= 0.6 is 0 Å². The van der Waals surface area contributed by atoms with Gasteiger partial charge >= 0.3 is 0 Å². The molecule has 1 heteroatoms. The van der Waals surface area contributed by atoms with E-state index in [9.17, 15) is 0 Å². The van der Waals surface area contributed by atoms with Crippen LogP contribution in [0.2, 0.25) is 0 Å². The molecule has 0 saturated heterocycles. The summed E-state index contributed by atoms with van der Waals surface area (Å²) in [7, 11) is 0. The van der Waals surface area contributed by atoms with E-state index in [1.54, 1.807) is 0 Å². The largest absolute Gasteiger partial charge is 0.326 e. The number of hydrogen-bond donors (Lipinski definition) is 1. The van der Waals surface area contributed by atoms with Gasteiger partial charge in [0, 0.05) is 6.54 Å². The van der Waals surface area contributed by atoms with Gasteiger partial charge in [0.2, 0.25) is 0 Å². The van der Waals surface area contributed by atoms with Gasteiger partial charge in [-0.05, 0) is 12.3 Å². The van der Waals surface area contributed by atoms with Gasteiger partial charge in [-0.15, -0.1) is 0 Å². The lowest BCUT2D eigenvalue weighted by Gasteiger charge is -2.19. The van der Waals surface area contributed by atoms with Gasteiger partial charge in [0.05, 0.1) is 0 Å². The van der Waals surface area contributed by atoms with Crippen LogP contribution in [-0.4, -0.2) is 0 Å². The number of hydrogen-bond acceptors (Lipinski definition) is 1. The average Bonchev–Trinajstić information content (AvgIpc) is 1.91. The van der Waals surface area contributed by atoms with E-state index in [4.69, 9.17) is 5.73 Å². The highest BCUT2D eigenvalue weighted by Crippen LogP contribution is 2.25. The van der Waals surface area contributed by atoms with Crippen LogP contribution in [0.5, 0.6) is 0 Å². The lowest BCUT2D eigenvalue weighted by molar-refractivity contribution is 0.353. The highest BCUT2D eigenvalue weighted by molar-refractivity contribution is 4.69. The second-order valence-corrected chi connectivity index (χ2v) is 2.98. The van der Waals surface area contributed by atoms with E-state index in [0.29, 0.717) is 0 Å². The Bertz CT molecular complexity index is 62.2. The molecule has 2 N–H and O–H groups in total. The minimum Gasteiger partial charge on any atom is -0.326 e. The van der Waals surface area contributed by atoms with Crippen LogP contribution in [0.1, 0.15) is 38.5 Å². The first-order valence-corrected chi connectivity index (χ1v) is 3.97. The zero-order valence-electron chi connectivity index (χ0n) is 5.97. The predicted octanol–water partition coefficient (Wildman–Crippen LogP) is 2.08. The molecule has 1 saturated carbocycles. The maximum absolute atomic E-state index is 5.33. The molecule has 0 heterocycles. The molecule has 53 valence electrons. The van der Waals surface area contributed by atoms with E-state index in [-0.39, 0.29) is 0 Å². The quantitative estimate of drug-likeness (QED) is 0.602. The molecule has 0 atom stereocenters. The normalized spacial score (nSPS) is 22.3. The van der Waals surface area contributed by atoms with Crippen LogP contribution in [0, 0.1) is 12.5 Å². The average molecular weight is 126 g/mol. The van der Waals surface area contributed by atoms with Crippen molar-refractivity contribution in [1.82, 2.24) is 0 Å². The molecule has 0 amide bonds. The second kappa shape index (κ2) is 3.89. The molecule has 0 spiro atoms. The van der Waals surface area contributed by atoms with Gasteiger partial charge in [-0.2, -0.15) is 0 Å². The van der Waals surface area contributed by atoms with Crippen LogP contribution in [-0.2, 0) is 0 Å². The summed E-state index contributed by atoms with van der Waals surface area (Å²) in [6, 6.07) is 0. The number of nitrogens with two attached hydrogens (primary N) is 1. The van der Waals surface area contributed by atoms with Crippen LogP contribution < -0.4 is 5.73 Å². The molecule has 0 aromatic carbocycles. The highest BCUT2D eigenvalue weighted by atomic mass is 14.5. The van der Waals surface area contributed by atoms with Crippen molar-refractivity contribution in [3.8, 4) is 0 Å². The van der Waals surface area contributed by atoms with Crippen LogP contribution in [0.4, 0.5) is 0 Å². The Hall–Kier alpha value is -0.0400. The van der Waals surface area contributed by atoms with Gasteiger partial charge in [-0.1, -0.05) is 32.1 Å².